The molecule has 2 heterocycles. The molecule has 1 aliphatic heterocycles. The first-order valence-corrected chi connectivity index (χ1v) is 16.0. The van der Waals surface area contributed by atoms with E-state index in [0.717, 1.165) is 28.2 Å². The SMILES string of the molecule is COc1ccc(CN(Cc2ccc(OC)cc2)C(=O)c2cncc(N3CC(c4ccc(OC)c(Oc5ccccc5C#N)c4)CC3=O)c2)cc1. The van der Waals surface area contributed by atoms with Gasteiger partial charge in [-0.1, -0.05) is 42.5 Å². The van der Waals surface area contributed by atoms with Crippen molar-refractivity contribution in [3.05, 3.63) is 137 Å². The van der Waals surface area contributed by atoms with Crippen LogP contribution >= 0.6 is 0 Å². The van der Waals surface area contributed by atoms with Crippen LogP contribution in [0.5, 0.6) is 28.7 Å². The summed E-state index contributed by atoms with van der Waals surface area (Å²) in [6.07, 6.45) is 3.40. The Bertz CT molecular complexity index is 1970. The summed E-state index contributed by atoms with van der Waals surface area (Å²) in [6, 6.07) is 31.6. The summed E-state index contributed by atoms with van der Waals surface area (Å²) in [5, 5.41) is 9.53. The van der Waals surface area contributed by atoms with Crippen molar-refractivity contribution in [2.24, 2.45) is 0 Å². The number of methoxy groups -OCH3 is 3. The van der Waals surface area contributed by atoms with Crippen LogP contribution in [-0.4, -0.2) is 49.6 Å². The van der Waals surface area contributed by atoms with Gasteiger partial charge in [0.25, 0.3) is 5.91 Å². The molecular weight excluding hydrogens is 632 g/mol. The molecule has 0 saturated carbocycles. The van der Waals surface area contributed by atoms with Gasteiger partial charge >= 0.3 is 0 Å². The molecule has 2 amide bonds. The van der Waals surface area contributed by atoms with Crippen LogP contribution < -0.4 is 23.8 Å². The lowest BCUT2D eigenvalue weighted by Crippen LogP contribution is -2.31. The summed E-state index contributed by atoms with van der Waals surface area (Å²) in [6.45, 7) is 1.09. The van der Waals surface area contributed by atoms with Gasteiger partial charge in [0.2, 0.25) is 5.91 Å². The molecule has 0 spiro atoms. The van der Waals surface area contributed by atoms with Crippen LogP contribution in [0.25, 0.3) is 0 Å². The Labute approximate surface area is 291 Å². The fourth-order valence-corrected chi connectivity index (χ4v) is 5.95. The van der Waals surface area contributed by atoms with Crippen LogP contribution in [0.1, 0.15) is 45.0 Å². The number of amides is 2. The molecule has 1 aromatic heterocycles. The first kappa shape index (κ1) is 33.6. The summed E-state index contributed by atoms with van der Waals surface area (Å²) < 4.78 is 22.3. The zero-order chi connectivity index (χ0) is 35.0. The van der Waals surface area contributed by atoms with E-state index in [0.29, 0.717) is 53.7 Å². The van der Waals surface area contributed by atoms with Gasteiger partial charge in [-0.25, -0.2) is 0 Å². The van der Waals surface area contributed by atoms with Gasteiger partial charge in [0.15, 0.2) is 11.5 Å². The number of anilines is 1. The molecule has 0 N–H and O–H groups in total. The zero-order valence-electron chi connectivity index (χ0n) is 28.0. The predicted octanol–water partition coefficient (Wildman–Crippen LogP) is 7.13. The molecule has 252 valence electrons. The van der Waals surface area contributed by atoms with Crippen LogP contribution in [0.4, 0.5) is 5.69 Å². The van der Waals surface area contributed by atoms with Crippen molar-refractivity contribution in [1.29, 1.82) is 5.26 Å². The standard InChI is InChI=1S/C40H36N4O6/c1-47-34-13-8-27(9-14-34)24-43(25-28-10-15-35(48-2)16-11-28)40(46)31-18-33(23-42-22-31)44-26-32(20-39(44)45)29-12-17-37(49-3)38(19-29)50-36-7-5-4-6-30(36)21-41/h4-19,22-23,32H,20,24-26H2,1-3H3. The minimum atomic E-state index is -0.219. The monoisotopic (exact) mass is 668 g/mol. The second-order valence-corrected chi connectivity index (χ2v) is 11.8. The number of para-hydroxylation sites is 1. The Morgan fingerprint density at radius 3 is 2.10 bits per heavy atom. The number of pyridine rings is 1. The Morgan fingerprint density at radius 2 is 1.48 bits per heavy atom. The van der Waals surface area contributed by atoms with Crippen molar-refractivity contribution >= 4 is 17.5 Å². The first-order valence-electron chi connectivity index (χ1n) is 16.0. The maximum Gasteiger partial charge on any atom is 0.256 e. The van der Waals surface area contributed by atoms with Crippen molar-refractivity contribution in [2.75, 3.05) is 32.8 Å². The van der Waals surface area contributed by atoms with Crippen LogP contribution in [-0.2, 0) is 17.9 Å². The van der Waals surface area contributed by atoms with E-state index < -0.39 is 0 Å². The molecule has 50 heavy (non-hydrogen) atoms. The third kappa shape index (κ3) is 7.53. The molecule has 4 aromatic carbocycles. The van der Waals surface area contributed by atoms with Crippen molar-refractivity contribution in [2.45, 2.75) is 25.4 Å². The van der Waals surface area contributed by atoms with Gasteiger partial charge in [-0.2, -0.15) is 5.26 Å². The van der Waals surface area contributed by atoms with Crippen LogP contribution in [0.15, 0.2) is 109 Å². The van der Waals surface area contributed by atoms with Crippen LogP contribution in [0, 0.1) is 11.3 Å². The van der Waals surface area contributed by atoms with Gasteiger partial charge in [-0.15, -0.1) is 0 Å². The number of aromatic nitrogens is 1. The van der Waals surface area contributed by atoms with E-state index in [1.165, 1.54) is 6.20 Å². The Morgan fingerprint density at radius 1 is 0.820 bits per heavy atom. The van der Waals surface area contributed by atoms with E-state index in [9.17, 15) is 14.9 Å². The van der Waals surface area contributed by atoms with Crippen molar-refractivity contribution in [1.82, 2.24) is 9.88 Å². The smallest absolute Gasteiger partial charge is 0.256 e. The number of hydrogen-bond acceptors (Lipinski definition) is 8. The fraction of sp³-hybridized carbons (Fsp3) is 0.200. The van der Waals surface area contributed by atoms with Crippen molar-refractivity contribution in [3.8, 4) is 34.8 Å². The van der Waals surface area contributed by atoms with Crippen molar-refractivity contribution < 1.29 is 28.5 Å². The van der Waals surface area contributed by atoms with Gasteiger partial charge in [0.1, 0.15) is 23.3 Å². The highest BCUT2D eigenvalue weighted by Gasteiger charge is 2.33. The number of carbonyl (C=O) groups is 2. The number of benzene rings is 4. The molecule has 0 aliphatic carbocycles. The summed E-state index contributed by atoms with van der Waals surface area (Å²) >= 11 is 0. The molecule has 1 atom stereocenters. The summed E-state index contributed by atoms with van der Waals surface area (Å²) in [5.41, 5.74) is 4.08. The van der Waals surface area contributed by atoms with E-state index in [1.54, 1.807) is 73.7 Å². The Hall–Kier alpha value is -6.34. The molecule has 1 fully saturated rings. The highest BCUT2D eigenvalue weighted by Crippen LogP contribution is 2.39. The predicted molar refractivity (Wildman–Crippen MR) is 188 cm³/mol. The summed E-state index contributed by atoms with van der Waals surface area (Å²) in [5.74, 6) is 2.38. The van der Waals surface area contributed by atoms with Crippen molar-refractivity contribution in [3.63, 3.8) is 0 Å². The highest BCUT2D eigenvalue weighted by molar-refractivity contribution is 5.99. The van der Waals surface area contributed by atoms with Gasteiger partial charge in [0, 0.05) is 38.2 Å². The van der Waals surface area contributed by atoms with E-state index in [4.69, 9.17) is 18.9 Å². The Balaban J connectivity index is 1.23. The minimum absolute atomic E-state index is 0.0807. The summed E-state index contributed by atoms with van der Waals surface area (Å²) in [4.78, 5) is 35.4. The van der Waals surface area contributed by atoms with Crippen LogP contribution in [0.3, 0.4) is 0 Å². The minimum Gasteiger partial charge on any atom is -0.497 e. The molecule has 5 aromatic rings. The molecule has 0 bridgehead atoms. The lowest BCUT2D eigenvalue weighted by Gasteiger charge is -2.24. The van der Waals surface area contributed by atoms with Crippen LogP contribution in [0.2, 0.25) is 0 Å². The van der Waals surface area contributed by atoms with Gasteiger partial charge in [0.05, 0.1) is 44.3 Å². The fourth-order valence-electron chi connectivity index (χ4n) is 5.95. The lowest BCUT2D eigenvalue weighted by molar-refractivity contribution is -0.117. The maximum absolute atomic E-state index is 14.1. The number of rotatable bonds is 12. The molecule has 0 radical (unpaired) electrons. The molecule has 10 nitrogen and oxygen atoms in total. The number of hydrogen-bond donors (Lipinski definition) is 0. The van der Waals surface area contributed by atoms with E-state index in [2.05, 4.69) is 11.1 Å². The second-order valence-electron chi connectivity index (χ2n) is 11.8. The van der Waals surface area contributed by atoms with E-state index in [-0.39, 0.29) is 24.2 Å². The average Bonchev–Trinajstić information content (AvgIpc) is 3.56. The number of nitriles is 1. The first-order chi connectivity index (χ1) is 24.4. The third-order valence-corrected chi connectivity index (χ3v) is 8.65. The van der Waals surface area contributed by atoms with Gasteiger partial charge in [-0.05, 0) is 71.3 Å². The number of nitrogens with zero attached hydrogens (tertiary/aromatic N) is 4. The topological polar surface area (TPSA) is 114 Å². The maximum atomic E-state index is 14.1. The quantitative estimate of drug-likeness (QED) is 0.138. The average molecular weight is 669 g/mol. The third-order valence-electron chi connectivity index (χ3n) is 8.65. The molecule has 6 rings (SSSR count). The Kier molecular flexibility index (Phi) is 10.2. The molecule has 1 saturated heterocycles. The number of carbonyl (C=O) groups excluding carboxylic acids is 2. The molecular formula is C40H36N4O6. The lowest BCUT2D eigenvalue weighted by atomic mass is 9.98. The molecule has 10 heteroatoms. The molecule has 1 aliphatic rings. The number of ether oxygens (including phenoxy) is 4. The second kappa shape index (κ2) is 15.3. The summed E-state index contributed by atoms with van der Waals surface area (Å²) in [7, 11) is 4.78. The largest absolute Gasteiger partial charge is 0.497 e. The van der Waals surface area contributed by atoms with E-state index in [1.807, 2.05) is 60.7 Å². The van der Waals surface area contributed by atoms with Gasteiger partial charge < -0.3 is 28.7 Å². The zero-order valence-corrected chi connectivity index (χ0v) is 28.0. The normalized spacial score (nSPS) is 13.8. The van der Waals surface area contributed by atoms with Gasteiger partial charge in [-0.3, -0.25) is 14.6 Å². The highest BCUT2D eigenvalue weighted by atomic mass is 16.5. The van der Waals surface area contributed by atoms with E-state index >= 15 is 0 Å². The molecule has 1 unspecified atom stereocenters.